The number of furan rings is 1. The third kappa shape index (κ3) is 2.88. The molecule has 1 atom stereocenters. The van der Waals surface area contributed by atoms with Crippen LogP contribution in [0.2, 0.25) is 0 Å². The number of rotatable bonds is 5. The molecule has 0 saturated carbocycles. The highest BCUT2D eigenvalue weighted by atomic mass is 16.5. The number of benzene rings is 1. The van der Waals surface area contributed by atoms with Crippen molar-refractivity contribution in [3.63, 3.8) is 0 Å². The van der Waals surface area contributed by atoms with E-state index in [9.17, 15) is 5.11 Å². The first-order chi connectivity index (χ1) is 8.31. The van der Waals surface area contributed by atoms with Gasteiger partial charge >= 0.3 is 0 Å². The Labute approximate surface area is 101 Å². The molecule has 1 aromatic carbocycles. The molecule has 1 N–H and O–H groups in total. The van der Waals surface area contributed by atoms with Crippen molar-refractivity contribution in [1.29, 1.82) is 0 Å². The number of aliphatic hydroxyl groups excluding tert-OH is 1. The second-order valence-corrected chi connectivity index (χ2v) is 3.88. The molecule has 0 amide bonds. The summed E-state index contributed by atoms with van der Waals surface area (Å²) in [6.07, 6.45) is 3.40. The molecule has 0 spiro atoms. The monoisotopic (exact) mass is 232 g/mol. The zero-order valence-corrected chi connectivity index (χ0v) is 9.80. The molecule has 0 aliphatic carbocycles. The van der Waals surface area contributed by atoms with Crippen LogP contribution < -0.4 is 4.74 Å². The van der Waals surface area contributed by atoms with Crippen LogP contribution in [0.3, 0.4) is 0 Å². The van der Waals surface area contributed by atoms with Gasteiger partial charge in [-0.1, -0.05) is 19.1 Å². The minimum absolute atomic E-state index is 0.668. The fourth-order valence-electron chi connectivity index (χ4n) is 1.62. The lowest BCUT2D eigenvalue weighted by Gasteiger charge is -2.11. The topological polar surface area (TPSA) is 42.6 Å². The molecule has 1 heterocycles. The average molecular weight is 232 g/mol. The summed E-state index contributed by atoms with van der Waals surface area (Å²) in [7, 11) is 0. The third-order valence-corrected chi connectivity index (χ3v) is 2.51. The van der Waals surface area contributed by atoms with Crippen molar-refractivity contribution in [2.75, 3.05) is 6.61 Å². The number of ether oxygens (including phenoxy) is 1. The summed E-state index contributed by atoms with van der Waals surface area (Å²) in [6, 6.07) is 9.25. The summed E-state index contributed by atoms with van der Waals surface area (Å²) >= 11 is 0. The van der Waals surface area contributed by atoms with Crippen LogP contribution in [0.25, 0.3) is 0 Å². The van der Waals surface area contributed by atoms with Gasteiger partial charge in [-0.05, 0) is 30.2 Å². The lowest BCUT2D eigenvalue weighted by molar-refractivity contribution is 0.218. The Morgan fingerprint density at radius 1 is 1.29 bits per heavy atom. The Kier molecular flexibility index (Phi) is 3.83. The molecule has 2 aromatic rings. The van der Waals surface area contributed by atoms with Gasteiger partial charge in [0.25, 0.3) is 0 Å². The van der Waals surface area contributed by atoms with Crippen molar-refractivity contribution in [1.82, 2.24) is 0 Å². The molecule has 17 heavy (non-hydrogen) atoms. The largest absolute Gasteiger partial charge is 0.494 e. The van der Waals surface area contributed by atoms with Gasteiger partial charge in [-0.15, -0.1) is 0 Å². The van der Waals surface area contributed by atoms with E-state index < -0.39 is 6.10 Å². The van der Waals surface area contributed by atoms with Crippen molar-refractivity contribution < 1.29 is 14.3 Å². The molecular weight excluding hydrogens is 216 g/mol. The molecule has 0 radical (unpaired) electrons. The van der Waals surface area contributed by atoms with Gasteiger partial charge in [-0.2, -0.15) is 0 Å². The van der Waals surface area contributed by atoms with Crippen LogP contribution in [0.15, 0.2) is 47.3 Å². The van der Waals surface area contributed by atoms with Gasteiger partial charge in [-0.25, -0.2) is 0 Å². The maximum atomic E-state index is 10.1. The van der Waals surface area contributed by atoms with Crippen LogP contribution in [-0.4, -0.2) is 11.7 Å². The highest BCUT2D eigenvalue weighted by molar-refractivity contribution is 5.34. The molecule has 0 fully saturated rings. The van der Waals surface area contributed by atoms with E-state index in [1.165, 1.54) is 0 Å². The SMILES string of the molecule is CCCOc1cccc(C(O)c2ccoc2)c1. The molecule has 0 aliphatic rings. The Balaban J connectivity index is 2.15. The van der Waals surface area contributed by atoms with Gasteiger partial charge in [0, 0.05) is 5.56 Å². The molecule has 0 saturated heterocycles. The second-order valence-electron chi connectivity index (χ2n) is 3.88. The first-order valence-corrected chi connectivity index (χ1v) is 5.74. The first kappa shape index (κ1) is 11.7. The zero-order chi connectivity index (χ0) is 12.1. The molecule has 90 valence electrons. The Morgan fingerprint density at radius 3 is 2.88 bits per heavy atom. The van der Waals surface area contributed by atoms with E-state index >= 15 is 0 Å². The van der Waals surface area contributed by atoms with Crippen LogP contribution in [0.5, 0.6) is 5.75 Å². The number of aliphatic hydroxyl groups is 1. The zero-order valence-electron chi connectivity index (χ0n) is 9.80. The van der Waals surface area contributed by atoms with E-state index in [4.69, 9.17) is 9.15 Å². The molecular formula is C14H16O3. The highest BCUT2D eigenvalue weighted by Crippen LogP contribution is 2.25. The first-order valence-electron chi connectivity index (χ1n) is 5.74. The standard InChI is InChI=1S/C14H16O3/c1-2-7-17-13-5-3-4-11(9-13)14(15)12-6-8-16-10-12/h3-6,8-10,14-15H,2,7H2,1H3. The highest BCUT2D eigenvalue weighted by Gasteiger charge is 2.12. The predicted octanol–water partition coefficient (Wildman–Crippen LogP) is 3.15. The van der Waals surface area contributed by atoms with Gasteiger partial charge < -0.3 is 14.3 Å². The van der Waals surface area contributed by atoms with Gasteiger partial charge in [-0.3, -0.25) is 0 Å². The van der Waals surface area contributed by atoms with E-state index in [1.54, 1.807) is 18.6 Å². The van der Waals surface area contributed by atoms with Crippen LogP contribution in [0, 0.1) is 0 Å². The van der Waals surface area contributed by atoms with Crippen LogP contribution in [0.4, 0.5) is 0 Å². The molecule has 0 bridgehead atoms. The third-order valence-electron chi connectivity index (χ3n) is 2.51. The van der Waals surface area contributed by atoms with Crippen LogP contribution >= 0.6 is 0 Å². The number of hydrogen-bond donors (Lipinski definition) is 1. The van der Waals surface area contributed by atoms with Crippen molar-refractivity contribution in [2.24, 2.45) is 0 Å². The lowest BCUT2D eigenvalue weighted by atomic mass is 10.0. The normalized spacial score (nSPS) is 12.4. The summed E-state index contributed by atoms with van der Waals surface area (Å²) in [6.45, 7) is 2.75. The summed E-state index contributed by atoms with van der Waals surface area (Å²) in [5.41, 5.74) is 1.55. The van der Waals surface area contributed by atoms with Gasteiger partial charge in [0.15, 0.2) is 0 Å². The predicted molar refractivity (Wildman–Crippen MR) is 65.0 cm³/mol. The number of hydrogen-bond acceptors (Lipinski definition) is 3. The molecule has 2 rings (SSSR count). The second kappa shape index (κ2) is 5.55. The van der Waals surface area contributed by atoms with Gasteiger partial charge in [0.2, 0.25) is 0 Å². The Morgan fingerprint density at radius 2 is 2.18 bits per heavy atom. The quantitative estimate of drug-likeness (QED) is 0.861. The minimum Gasteiger partial charge on any atom is -0.494 e. The fraction of sp³-hybridized carbons (Fsp3) is 0.286. The maximum Gasteiger partial charge on any atom is 0.119 e. The van der Waals surface area contributed by atoms with Gasteiger partial charge in [0.1, 0.15) is 11.9 Å². The smallest absolute Gasteiger partial charge is 0.119 e. The van der Waals surface area contributed by atoms with E-state index in [2.05, 4.69) is 6.92 Å². The van der Waals surface area contributed by atoms with E-state index in [0.29, 0.717) is 6.61 Å². The summed E-state index contributed by atoms with van der Waals surface area (Å²) in [5.74, 6) is 0.784. The fourth-order valence-corrected chi connectivity index (χ4v) is 1.62. The average Bonchev–Trinajstić information content (AvgIpc) is 2.89. The van der Waals surface area contributed by atoms with Crippen molar-refractivity contribution in [3.8, 4) is 5.75 Å². The van der Waals surface area contributed by atoms with E-state index in [0.717, 1.165) is 23.3 Å². The van der Waals surface area contributed by atoms with Crippen molar-refractivity contribution in [3.05, 3.63) is 54.0 Å². The summed E-state index contributed by atoms with van der Waals surface area (Å²) < 4.78 is 10.5. The molecule has 3 heteroatoms. The minimum atomic E-state index is -0.668. The van der Waals surface area contributed by atoms with Gasteiger partial charge in [0.05, 0.1) is 19.1 Å². The van der Waals surface area contributed by atoms with Crippen LogP contribution in [-0.2, 0) is 0 Å². The summed E-state index contributed by atoms with van der Waals surface area (Å²) in [4.78, 5) is 0. The van der Waals surface area contributed by atoms with Crippen molar-refractivity contribution in [2.45, 2.75) is 19.4 Å². The Hall–Kier alpha value is -1.74. The van der Waals surface area contributed by atoms with Crippen LogP contribution in [0.1, 0.15) is 30.6 Å². The summed E-state index contributed by atoms with van der Waals surface area (Å²) in [5, 5.41) is 10.1. The Bertz CT molecular complexity index is 448. The molecule has 1 aromatic heterocycles. The molecule has 0 aliphatic heterocycles. The van der Waals surface area contributed by atoms with E-state index in [1.807, 2.05) is 24.3 Å². The maximum absolute atomic E-state index is 10.1. The van der Waals surface area contributed by atoms with E-state index in [-0.39, 0.29) is 0 Å². The van der Waals surface area contributed by atoms with Crippen molar-refractivity contribution >= 4 is 0 Å². The lowest BCUT2D eigenvalue weighted by Crippen LogP contribution is -2.00. The molecule has 3 nitrogen and oxygen atoms in total. The molecule has 1 unspecified atom stereocenters.